The number of rotatable bonds is 3. The summed E-state index contributed by atoms with van der Waals surface area (Å²) >= 11 is 0. The molecule has 0 radical (unpaired) electrons. The van der Waals surface area contributed by atoms with Crippen LogP contribution in [0.4, 0.5) is 0 Å². The smallest absolute Gasteiger partial charge is 0.0992 e. The maximum Gasteiger partial charge on any atom is 0.0992 e. The normalized spacial score (nSPS) is 10.6. The van der Waals surface area contributed by atoms with Crippen LogP contribution in [0.5, 0.6) is 0 Å². The molecule has 0 unspecified atom stereocenters. The number of hydrogen-bond acceptors (Lipinski definition) is 4. The average Bonchev–Trinajstić information content (AvgIpc) is 3.29. The molecule has 170 valence electrons. The zero-order chi connectivity index (χ0) is 25.4. The first-order valence-corrected chi connectivity index (χ1v) is 11.6. The van der Waals surface area contributed by atoms with Crippen LogP contribution in [-0.4, -0.2) is 9.55 Å². The number of aromatic nitrogens is 2. The van der Waals surface area contributed by atoms with Gasteiger partial charge in [0.1, 0.15) is 0 Å². The molecule has 2 aromatic heterocycles. The molecule has 4 aromatic carbocycles. The Balaban J connectivity index is 1.61. The molecule has 0 fully saturated rings. The summed E-state index contributed by atoms with van der Waals surface area (Å²) < 4.78 is 2.18. The summed E-state index contributed by atoms with van der Waals surface area (Å²) in [6.07, 6.45) is 1.65. The average molecular weight is 472 g/mol. The third-order valence-corrected chi connectivity index (χ3v) is 6.53. The quantitative estimate of drug-likeness (QED) is 0.275. The van der Waals surface area contributed by atoms with Crippen molar-refractivity contribution < 1.29 is 0 Å². The number of para-hydroxylation sites is 1. The summed E-state index contributed by atoms with van der Waals surface area (Å²) in [5.74, 6) is 0. The van der Waals surface area contributed by atoms with Gasteiger partial charge in [0.2, 0.25) is 0 Å². The van der Waals surface area contributed by atoms with E-state index in [2.05, 4.69) is 52.0 Å². The number of nitrogens with zero attached hydrogens (tertiary/aromatic N) is 5. The van der Waals surface area contributed by atoms with Crippen molar-refractivity contribution >= 4 is 21.8 Å². The fraction of sp³-hybridized carbons (Fsp3) is 0. The van der Waals surface area contributed by atoms with Crippen LogP contribution in [0, 0.1) is 34.0 Å². The summed E-state index contributed by atoms with van der Waals surface area (Å²) in [7, 11) is 0. The Morgan fingerprint density at radius 3 is 1.86 bits per heavy atom. The van der Waals surface area contributed by atoms with Gasteiger partial charge in [0.25, 0.3) is 0 Å². The molecule has 6 rings (SSSR count). The van der Waals surface area contributed by atoms with Gasteiger partial charge in [-0.2, -0.15) is 15.8 Å². The molecule has 6 aromatic rings. The molecule has 0 spiro atoms. The van der Waals surface area contributed by atoms with Crippen molar-refractivity contribution in [3.63, 3.8) is 0 Å². The van der Waals surface area contributed by atoms with Crippen LogP contribution < -0.4 is 0 Å². The Kier molecular flexibility index (Phi) is 5.20. The van der Waals surface area contributed by atoms with Gasteiger partial charge in [-0.25, -0.2) is 0 Å². The van der Waals surface area contributed by atoms with E-state index in [0.29, 0.717) is 16.7 Å². The molecule has 0 amide bonds. The molecule has 5 heteroatoms. The second-order valence-electron chi connectivity index (χ2n) is 8.66. The lowest BCUT2D eigenvalue weighted by Gasteiger charge is -2.15. The van der Waals surface area contributed by atoms with E-state index in [1.807, 2.05) is 60.7 Å². The van der Waals surface area contributed by atoms with Crippen molar-refractivity contribution in [2.75, 3.05) is 0 Å². The molecule has 0 bridgehead atoms. The predicted octanol–water partition coefficient (Wildman–Crippen LogP) is 7.13. The number of nitriles is 3. The van der Waals surface area contributed by atoms with Crippen molar-refractivity contribution in [3.05, 3.63) is 120 Å². The maximum absolute atomic E-state index is 9.51. The topological polar surface area (TPSA) is 89.2 Å². The highest BCUT2D eigenvalue weighted by molar-refractivity contribution is 6.10. The van der Waals surface area contributed by atoms with E-state index in [0.717, 1.165) is 49.9 Å². The maximum atomic E-state index is 9.51. The van der Waals surface area contributed by atoms with Crippen LogP contribution in [0.1, 0.15) is 16.7 Å². The van der Waals surface area contributed by atoms with Gasteiger partial charge in [-0.1, -0.05) is 36.4 Å². The highest BCUT2D eigenvalue weighted by atomic mass is 15.0. The first-order chi connectivity index (χ1) is 18.2. The van der Waals surface area contributed by atoms with Gasteiger partial charge >= 0.3 is 0 Å². The Morgan fingerprint density at radius 1 is 0.568 bits per heavy atom. The molecule has 2 heterocycles. The minimum absolute atomic E-state index is 0.564. The molecule has 5 nitrogen and oxygen atoms in total. The number of benzene rings is 4. The van der Waals surface area contributed by atoms with Crippen LogP contribution in [0.15, 0.2) is 103 Å². The minimum atomic E-state index is 0.564. The molecule has 0 N–H and O–H groups in total. The highest BCUT2D eigenvalue weighted by Crippen LogP contribution is 2.37. The predicted molar refractivity (Wildman–Crippen MR) is 144 cm³/mol. The van der Waals surface area contributed by atoms with E-state index in [1.54, 1.807) is 18.3 Å². The monoisotopic (exact) mass is 471 g/mol. The Bertz CT molecular complexity index is 1900. The fourth-order valence-corrected chi connectivity index (χ4v) is 4.84. The van der Waals surface area contributed by atoms with Crippen molar-refractivity contribution in [2.24, 2.45) is 0 Å². The zero-order valence-corrected chi connectivity index (χ0v) is 19.6. The van der Waals surface area contributed by atoms with Gasteiger partial charge in [0, 0.05) is 28.1 Å². The number of hydrogen-bond donors (Lipinski definition) is 0. The molecule has 0 saturated heterocycles. The van der Waals surface area contributed by atoms with Crippen LogP contribution in [-0.2, 0) is 0 Å². The minimum Gasteiger partial charge on any atom is -0.309 e. The van der Waals surface area contributed by atoms with Crippen molar-refractivity contribution in [2.45, 2.75) is 0 Å². The van der Waals surface area contributed by atoms with Gasteiger partial charge in [-0.3, -0.25) is 4.98 Å². The molecule has 0 aliphatic heterocycles. The van der Waals surface area contributed by atoms with Gasteiger partial charge in [0.05, 0.1) is 57.3 Å². The van der Waals surface area contributed by atoms with Gasteiger partial charge in [-0.05, 0) is 66.2 Å². The Labute approximate surface area is 213 Å². The number of fused-ring (bicyclic) bond motifs is 3. The summed E-state index contributed by atoms with van der Waals surface area (Å²) in [5, 5.41) is 30.2. The highest BCUT2D eigenvalue weighted by Gasteiger charge is 2.17. The molecular weight excluding hydrogens is 454 g/mol. The van der Waals surface area contributed by atoms with Gasteiger partial charge < -0.3 is 4.57 Å². The Morgan fingerprint density at radius 2 is 1.19 bits per heavy atom. The van der Waals surface area contributed by atoms with Crippen LogP contribution in [0.3, 0.4) is 0 Å². The van der Waals surface area contributed by atoms with E-state index in [-0.39, 0.29) is 0 Å². The van der Waals surface area contributed by atoms with Gasteiger partial charge in [-0.15, -0.1) is 0 Å². The summed E-state index contributed by atoms with van der Waals surface area (Å²) in [6, 6.07) is 37.7. The lowest BCUT2D eigenvalue weighted by Crippen LogP contribution is -1.97. The Hall–Kier alpha value is -5.70. The SMILES string of the molecule is N#Cc1ccnc(-c2cccc(-c3ccccc3-n3c4ccc(C#N)cc4c4cc(C#N)ccc43)c2)c1. The molecule has 37 heavy (non-hydrogen) atoms. The number of pyridine rings is 1. The fourth-order valence-electron chi connectivity index (χ4n) is 4.84. The van der Waals surface area contributed by atoms with Crippen molar-refractivity contribution in [1.82, 2.24) is 9.55 Å². The first kappa shape index (κ1) is 21.8. The third-order valence-electron chi connectivity index (χ3n) is 6.53. The van der Waals surface area contributed by atoms with Crippen molar-refractivity contribution in [1.29, 1.82) is 15.8 Å². The van der Waals surface area contributed by atoms with Gasteiger partial charge in [0.15, 0.2) is 0 Å². The van der Waals surface area contributed by atoms with Crippen LogP contribution >= 0.6 is 0 Å². The first-order valence-electron chi connectivity index (χ1n) is 11.6. The standard InChI is InChI=1S/C32H17N5/c33-18-21-8-10-31-27(14-21)28-15-22(19-34)9-11-32(28)37(31)30-7-2-1-6-26(30)24-4-3-5-25(17-24)29-16-23(20-35)12-13-36-29/h1-17H. The molecular formula is C32H17N5. The van der Waals surface area contributed by atoms with E-state index in [1.165, 1.54) is 0 Å². The summed E-state index contributed by atoms with van der Waals surface area (Å²) in [5.41, 5.74) is 8.29. The second-order valence-corrected chi connectivity index (χ2v) is 8.66. The van der Waals surface area contributed by atoms with E-state index in [4.69, 9.17) is 0 Å². The van der Waals surface area contributed by atoms with E-state index < -0.39 is 0 Å². The lowest BCUT2D eigenvalue weighted by molar-refractivity contribution is 1.18. The van der Waals surface area contributed by atoms with Crippen molar-refractivity contribution in [3.8, 4) is 46.3 Å². The summed E-state index contributed by atoms with van der Waals surface area (Å²) in [6.45, 7) is 0. The molecule has 0 saturated carbocycles. The molecule has 0 aliphatic rings. The van der Waals surface area contributed by atoms with E-state index in [9.17, 15) is 15.8 Å². The molecule has 0 aliphatic carbocycles. The molecule has 0 atom stereocenters. The zero-order valence-electron chi connectivity index (χ0n) is 19.6. The lowest BCUT2D eigenvalue weighted by atomic mass is 9.99. The second kappa shape index (κ2) is 8.82. The van der Waals surface area contributed by atoms with Crippen LogP contribution in [0.25, 0.3) is 49.9 Å². The largest absolute Gasteiger partial charge is 0.309 e. The van der Waals surface area contributed by atoms with E-state index >= 15 is 0 Å². The van der Waals surface area contributed by atoms with Crippen LogP contribution in [0.2, 0.25) is 0 Å². The summed E-state index contributed by atoms with van der Waals surface area (Å²) in [4.78, 5) is 4.47. The third kappa shape index (κ3) is 3.67.